The van der Waals surface area contributed by atoms with E-state index in [2.05, 4.69) is 16.7 Å². The molecule has 0 heterocycles. The highest BCUT2D eigenvalue weighted by Crippen LogP contribution is 2.21. The molecule has 0 aliphatic carbocycles. The molecular formula is C16H24N2O2. The van der Waals surface area contributed by atoms with Gasteiger partial charge in [0.05, 0.1) is 20.3 Å². The van der Waals surface area contributed by atoms with Crippen LogP contribution in [0.25, 0.3) is 0 Å². The van der Waals surface area contributed by atoms with Gasteiger partial charge in [0.25, 0.3) is 0 Å². The van der Waals surface area contributed by atoms with Crippen molar-refractivity contribution in [2.45, 2.75) is 25.9 Å². The van der Waals surface area contributed by atoms with Crippen molar-refractivity contribution in [3.8, 4) is 17.6 Å². The maximum Gasteiger partial charge on any atom is 0.119 e. The molecule has 0 radical (unpaired) electrons. The van der Waals surface area contributed by atoms with Gasteiger partial charge in [-0.15, -0.1) is 0 Å². The molecule has 0 unspecified atom stereocenters. The molecule has 20 heavy (non-hydrogen) atoms. The number of hydrogen-bond donors (Lipinski definition) is 2. The van der Waals surface area contributed by atoms with Crippen LogP contribution in [0.2, 0.25) is 0 Å². The Morgan fingerprint density at radius 2 is 2.10 bits per heavy atom. The summed E-state index contributed by atoms with van der Waals surface area (Å²) in [5, 5.41) is 9.44. The highest BCUT2D eigenvalue weighted by atomic mass is 16.5. The van der Waals surface area contributed by atoms with Crippen molar-refractivity contribution < 1.29 is 9.84 Å². The van der Waals surface area contributed by atoms with Crippen molar-refractivity contribution in [2.24, 2.45) is 5.73 Å². The standard InChI is InChI=1S/C16H24N2O2/c1-16(2,12-19)18(3)11-14-10-15(20-4)8-7-13(14)6-5-9-17/h7-8,10,19H,9,11-12,17H2,1-4H3. The second kappa shape index (κ2) is 7.30. The summed E-state index contributed by atoms with van der Waals surface area (Å²) < 4.78 is 5.27. The number of likely N-dealkylation sites (N-methyl/N-ethyl adjacent to an activating group) is 1. The number of hydrogen-bond acceptors (Lipinski definition) is 4. The lowest BCUT2D eigenvalue weighted by atomic mass is 10.0. The number of nitrogens with two attached hydrogens (primary N) is 1. The summed E-state index contributed by atoms with van der Waals surface area (Å²) in [5.74, 6) is 6.76. The monoisotopic (exact) mass is 276 g/mol. The fourth-order valence-corrected chi connectivity index (χ4v) is 1.69. The third kappa shape index (κ3) is 4.24. The van der Waals surface area contributed by atoms with Gasteiger partial charge >= 0.3 is 0 Å². The third-order valence-electron chi connectivity index (χ3n) is 3.47. The lowest BCUT2D eigenvalue weighted by Gasteiger charge is -2.34. The Bertz CT molecular complexity index is 501. The molecule has 0 bridgehead atoms. The summed E-state index contributed by atoms with van der Waals surface area (Å²) in [6.45, 7) is 5.11. The van der Waals surface area contributed by atoms with E-state index in [1.165, 1.54) is 0 Å². The van der Waals surface area contributed by atoms with Gasteiger partial charge in [-0.25, -0.2) is 0 Å². The summed E-state index contributed by atoms with van der Waals surface area (Å²) in [6.07, 6.45) is 0. The molecule has 0 aliphatic heterocycles. The van der Waals surface area contributed by atoms with Crippen LogP contribution in [0.3, 0.4) is 0 Å². The second-order valence-corrected chi connectivity index (χ2v) is 5.36. The van der Waals surface area contributed by atoms with Gasteiger partial charge in [0.1, 0.15) is 5.75 Å². The molecule has 0 aromatic heterocycles. The number of ether oxygens (including phenoxy) is 1. The van der Waals surface area contributed by atoms with Crippen LogP contribution in [0.15, 0.2) is 18.2 Å². The van der Waals surface area contributed by atoms with Crippen LogP contribution in [0, 0.1) is 11.8 Å². The molecule has 0 saturated heterocycles. The molecule has 3 N–H and O–H groups in total. The number of methoxy groups -OCH3 is 1. The van der Waals surface area contributed by atoms with E-state index in [1.807, 2.05) is 39.1 Å². The maximum absolute atomic E-state index is 9.44. The van der Waals surface area contributed by atoms with E-state index in [-0.39, 0.29) is 12.1 Å². The molecule has 0 saturated carbocycles. The van der Waals surface area contributed by atoms with Gasteiger partial charge in [-0.05, 0) is 44.7 Å². The largest absolute Gasteiger partial charge is 0.497 e. The lowest BCUT2D eigenvalue weighted by molar-refractivity contribution is 0.0733. The van der Waals surface area contributed by atoms with Crippen molar-refractivity contribution in [1.82, 2.24) is 4.90 Å². The van der Waals surface area contributed by atoms with Crippen molar-refractivity contribution >= 4 is 0 Å². The van der Waals surface area contributed by atoms with Crippen LogP contribution in [0.4, 0.5) is 0 Å². The average molecular weight is 276 g/mol. The molecule has 0 spiro atoms. The van der Waals surface area contributed by atoms with Crippen LogP contribution in [-0.4, -0.2) is 42.9 Å². The van der Waals surface area contributed by atoms with E-state index < -0.39 is 0 Å². The molecule has 0 amide bonds. The predicted molar refractivity (Wildman–Crippen MR) is 81.6 cm³/mol. The van der Waals surface area contributed by atoms with Gasteiger partial charge in [-0.3, -0.25) is 4.90 Å². The lowest BCUT2D eigenvalue weighted by Crippen LogP contribution is -2.43. The fourth-order valence-electron chi connectivity index (χ4n) is 1.69. The Kier molecular flexibility index (Phi) is 6.03. The average Bonchev–Trinajstić information content (AvgIpc) is 2.45. The number of rotatable bonds is 5. The van der Waals surface area contributed by atoms with Crippen LogP contribution in [0.5, 0.6) is 5.75 Å². The molecule has 0 aliphatic rings. The minimum absolute atomic E-state index is 0.0945. The molecule has 0 fully saturated rings. The van der Waals surface area contributed by atoms with Crippen LogP contribution < -0.4 is 10.5 Å². The van der Waals surface area contributed by atoms with Gasteiger partial charge in [0.2, 0.25) is 0 Å². The van der Waals surface area contributed by atoms with Gasteiger partial charge in [0.15, 0.2) is 0 Å². The first-order valence-electron chi connectivity index (χ1n) is 6.62. The van der Waals surface area contributed by atoms with Crippen molar-refractivity contribution in [3.63, 3.8) is 0 Å². The zero-order chi connectivity index (χ0) is 15.2. The minimum Gasteiger partial charge on any atom is -0.497 e. The molecule has 4 heteroatoms. The SMILES string of the molecule is COc1ccc(C#CCN)c(CN(C)C(C)(C)CO)c1. The Labute approximate surface area is 121 Å². The van der Waals surface area contributed by atoms with Crippen molar-refractivity contribution in [2.75, 3.05) is 27.3 Å². The van der Waals surface area contributed by atoms with E-state index in [4.69, 9.17) is 10.5 Å². The van der Waals surface area contributed by atoms with Crippen LogP contribution in [-0.2, 0) is 6.54 Å². The summed E-state index contributed by atoms with van der Waals surface area (Å²) in [7, 11) is 3.63. The van der Waals surface area contributed by atoms with E-state index >= 15 is 0 Å². The van der Waals surface area contributed by atoms with Crippen molar-refractivity contribution in [1.29, 1.82) is 0 Å². The number of benzene rings is 1. The van der Waals surface area contributed by atoms with Gasteiger partial charge < -0.3 is 15.6 Å². The van der Waals surface area contributed by atoms with Crippen molar-refractivity contribution in [3.05, 3.63) is 29.3 Å². The van der Waals surface area contributed by atoms with E-state index in [0.717, 1.165) is 16.9 Å². The highest BCUT2D eigenvalue weighted by molar-refractivity contribution is 5.45. The summed E-state index contributed by atoms with van der Waals surface area (Å²) in [4.78, 5) is 2.09. The molecule has 110 valence electrons. The first kappa shape index (κ1) is 16.5. The molecule has 1 aromatic carbocycles. The predicted octanol–water partition coefficient (Wildman–Crippen LogP) is 1.21. The quantitative estimate of drug-likeness (QED) is 0.794. The Balaban J connectivity index is 3.07. The van der Waals surface area contributed by atoms with E-state index in [1.54, 1.807) is 7.11 Å². The van der Waals surface area contributed by atoms with Gasteiger partial charge in [-0.2, -0.15) is 0 Å². The first-order valence-corrected chi connectivity index (χ1v) is 6.62. The maximum atomic E-state index is 9.44. The van der Waals surface area contributed by atoms with Crippen LogP contribution in [0.1, 0.15) is 25.0 Å². The highest BCUT2D eigenvalue weighted by Gasteiger charge is 2.23. The minimum atomic E-state index is -0.290. The Morgan fingerprint density at radius 3 is 2.65 bits per heavy atom. The second-order valence-electron chi connectivity index (χ2n) is 5.36. The topological polar surface area (TPSA) is 58.7 Å². The summed E-state index contributed by atoms with van der Waals surface area (Å²) in [6, 6.07) is 5.81. The molecular weight excluding hydrogens is 252 g/mol. The molecule has 0 atom stereocenters. The van der Waals surface area contributed by atoms with E-state index in [0.29, 0.717) is 13.1 Å². The van der Waals surface area contributed by atoms with Gasteiger partial charge in [0, 0.05) is 17.6 Å². The third-order valence-corrected chi connectivity index (χ3v) is 3.47. The summed E-state index contributed by atoms with van der Waals surface area (Å²) >= 11 is 0. The summed E-state index contributed by atoms with van der Waals surface area (Å²) in [5.41, 5.74) is 7.15. The smallest absolute Gasteiger partial charge is 0.119 e. The van der Waals surface area contributed by atoms with Gasteiger partial charge in [-0.1, -0.05) is 11.8 Å². The number of aliphatic hydroxyl groups is 1. The molecule has 4 nitrogen and oxygen atoms in total. The van der Waals surface area contributed by atoms with Crippen LogP contribution >= 0.6 is 0 Å². The van der Waals surface area contributed by atoms with E-state index in [9.17, 15) is 5.11 Å². The zero-order valence-corrected chi connectivity index (χ0v) is 12.7. The molecule has 1 aromatic rings. The zero-order valence-electron chi connectivity index (χ0n) is 12.7. The first-order chi connectivity index (χ1) is 9.44. The number of aliphatic hydroxyl groups excluding tert-OH is 1. The Morgan fingerprint density at radius 1 is 1.40 bits per heavy atom. The molecule has 1 rings (SSSR count). The fraction of sp³-hybridized carbons (Fsp3) is 0.500. The Hall–Kier alpha value is -1.54. The number of nitrogens with zero attached hydrogens (tertiary/aromatic N) is 1. The normalized spacial score (nSPS) is 11.2.